The summed E-state index contributed by atoms with van der Waals surface area (Å²) in [5, 5.41) is 0. The van der Waals surface area contributed by atoms with E-state index in [-0.39, 0.29) is 0 Å². The van der Waals surface area contributed by atoms with E-state index in [0.717, 1.165) is 18.7 Å². The molecule has 0 fully saturated rings. The van der Waals surface area contributed by atoms with Crippen molar-refractivity contribution in [2.24, 2.45) is 9.98 Å². The van der Waals surface area contributed by atoms with Gasteiger partial charge in [0.15, 0.2) is 0 Å². The average molecular weight is 152 g/mol. The Labute approximate surface area is 68.4 Å². The molecule has 0 radical (unpaired) electrons. The lowest BCUT2D eigenvalue weighted by Gasteiger charge is -2.14. The molecule has 0 amide bonds. The topological polar surface area (TPSA) is 24.7 Å². The number of rotatable bonds is 2. The highest BCUT2D eigenvalue weighted by Gasteiger charge is 2.10. The molecule has 0 N–H and O–H groups in total. The second-order valence-electron chi connectivity index (χ2n) is 3.10. The lowest BCUT2D eigenvalue weighted by molar-refractivity contribution is 0.743. The van der Waals surface area contributed by atoms with Crippen molar-refractivity contribution in [3.05, 3.63) is 0 Å². The van der Waals surface area contributed by atoms with Crippen molar-refractivity contribution in [1.29, 1.82) is 0 Å². The van der Waals surface area contributed by atoms with Gasteiger partial charge in [-0.05, 0) is 20.3 Å². The molecule has 1 aliphatic heterocycles. The molecule has 0 spiro atoms. The van der Waals surface area contributed by atoms with Crippen LogP contribution in [0.25, 0.3) is 0 Å². The molecule has 1 aliphatic rings. The minimum Gasteiger partial charge on any atom is -0.286 e. The fourth-order valence-electron chi connectivity index (χ4n) is 1.30. The number of nitrogens with zero attached hydrogens (tertiary/aromatic N) is 2. The molecule has 0 aromatic carbocycles. The first-order chi connectivity index (χ1) is 5.24. The van der Waals surface area contributed by atoms with E-state index in [1.54, 1.807) is 0 Å². The second-order valence-corrected chi connectivity index (χ2v) is 3.10. The molecule has 1 rings (SSSR count). The van der Waals surface area contributed by atoms with Crippen LogP contribution in [0.5, 0.6) is 0 Å². The zero-order valence-electron chi connectivity index (χ0n) is 7.59. The van der Waals surface area contributed by atoms with E-state index in [4.69, 9.17) is 0 Å². The molecular formula is C9H16N2. The average Bonchev–Trinajstić information content (AvgIpc) is 1.95. The summed E-state index contributed by atoms with van der Waals surface area (Å²) >= 11 is 0. The summed E-state index contributed by atoms with van der Waals surface area (Å²) in [4.78, 5) is 8.94. The van der Waals surface area contributed by atoms with Gasteiger partial charge in [0, 0.05) is 0 Å². The van der Waals surface area contributed by atoms with Crippen molar-refractivity contribution in [1.82, 2.24) is 0 Å². The van der Waals surface area contributed by atoms with Crippen LogP contribution in [0.15, 0.2) is 9.98 Å². The Morgan fingerprint density at radius 3 is 2.82 bits per heavy atom. The fourth-order valence-corrected chi connectivity index (χ4v) is 1.30. The maximum Gasteiger partial charge on any atom is 0.0670 e. The van der Waals surface area contributed by atoms with E-state index in [1.807, 2.05) is 0 Å². The number of hydrogen-bond donors (Lipinski definition) is 0. The number of aliphatic imine (C=N–C) groups is 2. The zero-order chi connectivity index (χ0) is 8.27. The summed E-state index contributed by atoms with van der Waals surface area (Å²) in [6, 6.07) is 0.399. The first-order valence-corrected chi connectivity index (χ1v) is 4.32. The third-order valence-electron chi connectivity index (χ3n) is 1.86. The van der Waals surface area contributed by atoms with E-state index in [9.17, 15) is 0 Å². The van der Waals surface area contributed by atoms with Crippen LogP contribution in [0.3, 0.4) is 0 Å². The smallest absolute Gasteiger partial charge is 0.0670 e. The van der Waals surface area contributed by atoms with Gasteiger partial charge in [-0.1, -0.05) is 13.3 Å². The van der Waals surface area contributed by atoms with E-state index >= 15 is 0 Å². The van der Waals surface area contributed by atoms with Gasteiger partial charge in [-0.25, -0.2) is 0 Å². The van der Waals surface area contributed by atoms with Crippen molar-refractivity contribution in [3.63, 3.8) is 0 Å². The molecular weight excluding hydrogens is 136 g/mol. The van der Waals surface area contributed by atoms with Gasteiger partial charge in [0.25, 0.3) is 0 Å². The van der Waals surface area contributed by atoms with Gasteiger partial charge in [0.05, 0.1) is 24.0 Å². The molecule has 2 heteroatoms. The minimum atomic E-state index is 0.399. The standard InChI is InChI=1S/C9H16N2/c1-4-5-9-8(3)11-7(2)6-10-9/h7H,4-6H2,1-3H3/t7-/m0/s1. The summed E-state index contributed by atoms with van der Waals surface area (Å²) in [6.45, 7) is 7.22. The highest BCUT2D eigenvalue weighted by atomic mass is 14.9. The van der Waals surface area contributed by atoms with Crippen LogP contribution in [0.1, 0.15) is 33.6 Å². The molecule has 0 aliphatic carbocycles. The quantitative estimate of drug-likeness (QED) is 0.579. The van der Waals surface area contributed by atoms with Crippen LogP contribution in [0.4, 0.5) is 0 Å². The normalized spacial score (nSPS) is 24.5. The van der Waals surface area contributed by atoms with Crippen molar-refractivity contribution in [2.45, 2.75) is 39.7 Å². The highest BCUT2D eigenvalue weighted by Crippen LogP contribution is 2.05. The van der Waals surface area contributed by atoms with Crippen LogP contribution in [-0.2, 0) is 0 Å². The Morgan fingerprint density at radius 1 is 1.55 bits per heavy atom. The van der Waals surface area contributed by atoms with Crippen molar-refractivity contribution >= 4 is 11.4 Å². The summed E-state index contributed by atoms with van der Waals surface area (Å²) in [5.41, 5.74) is 2.36. The lowest BCUT2D eigenvalue weighted by Crippen LogP contribution is -2.21. The van der Waals surface area contributed by atoms with Gasteiger partial charge < -0.3 is 0 Å². The van der Waals surface area contributed by atoms with Gasteiger partial charge in [0.2, 0.25) is 0 Å². The number of hydrogen-bond acceptors (Lipinski definition) is 2. The summed E-state index contributed by atoms with van der Waals surface area (Å²) in [7, 11) is 0. The third kappa shape index (κ3) is 2.14. The molecule has 2 nitrogen and oxygen atoms in total. The molecule has 1 atom stereocenters. The Morgan fingerprint density at radius 2 is 2.27 bits per heavy atom. The summed E-state index contributed by atoms with van der Waals surface area (Å²) in [6.07, 6.45) is 2.25. The SMILES string of the molecule is CCCC1=NC[C@H](C)N=C1C. The molecule has 62 valence electrons. The molecule has 0 saturated heterocycles. The van der Waals surface area contributed by atoms with Crippen LogP contribution in [0.2, 0.25) is 0 Å². The lowest BCUT2D eigenvalue weighted by atomic mass is 10.1. The van der Waals surface area contributed by atoms with Crippen molar-refractivity contribution in [3.8, 4) is 0 Å². The van der Waals surface area contributed by atoms with Crippen LogP contribution >= 0.6 is 0 Å². The van der Waals surface area contributed by atoms with Crippen molar-refractivity contribution in [2.75, 3.05) is 6.54 Å². The molecule has 11 heavy (non-hydrogen) atoms. The van der Waals surface area contributed by atoms with E-state index in [1.165, 1.54) is 12.1 Å². The van der Waals surface area contributed by atoms with Crippen molar-refractivity contribution < 1.29 is 0 Å². The Hall–Kier alpha value is -0.660. The highest BCUT2D eigenvalue weighted by molar-refractivity contribution is 6.41. The predicted octanol–water partition coefficient (Wildman–Crippen LogP) is 2.09. The summed E-state index contributed by atoms with van der Waals surface area (Å²) in [5.74, 6) is 0. The minimum absolute atomic E-state index is 0.399. The molecule has 0 aromatic heterocycles. The van der Waals surface area contributed by atoms with E-state index < -0.39 is 0 Å². The zero-order valence-corrected chi connectivity index (χ0v) is 7.59. The Bertz CT molecular complexity index is 192. The third-order valence-corrected chi connectivity index (χ3v) is 1.86. The van der Waals surface area contributed by atoms with Gasteiger partial charge in [-0.15, -0.1) is 0 Å². The van der Waals surface area contributed by atoms with Crippen LogP contribution in [-0.4, -0.2) is 24.0 Å². The van der Waals surface area contributed by atoms with Gasteiger partial charge in [0.1, 0.15) is 0 Å². The fraction of sp³-hybridized carbons (Fsp3) is 0.778. The maximum atomic E-state index is 4.47. The molecule has 0 bridgehead atoms. The predicted molar refractivity (Wildman–Crippen MR) is 49.8 cm³/mol. The first kappa shape index (κ1) is 8.44. The second kappa shape index (κ2) is 3.65. The molecule has 1 heterocycles. The van der Waals surface area contributed by atoms with E-state index in [0.29, 0.717) is 6.04 Å². The Balaban J connectivity index is 2.61. The van der Waals surface area contributed by atoms with Gasteiger partial charge in [-0.2, -0.15) is 0 Å². The van der Waals surface area contributed by atoms with Crippen LogP contribution in [0, 0.1) is 0 Å². The molecule has 0 aromatic rings. The van der Waals surface area contributed by atoms with E-state index in [2.05, 4.69) is 30.8 Å². The maximum absolute atomic E-state index is 4.47. The van der Waals surface area contributed by atoms with Crippen LogP contribution < -0.4 is 0 Å². The summed E-state index contributed by atoms with van der Waals surface area (Å²) < 4.78 is 0. The molecule has 0 unspecified atom stereocenters. The van der Waals surface area contributed by atoms with Gasteiger partial charge >= 0.3 is 0 Å². The van der Waals surface area contributed by atoms with Gasteiger partial charge in [-0.3, -0.25) is 9.98 Å². The Kier molecular flexibility index (Phi) is 2.80. The molecule has 0 saturated carbocycles. The first-order valence-electron chi connectivity index (χ1n) is 4.32. The monoisotopic (exact) mass is 152 g/mol. The largest absolute Gasteiger partial charge is 0.286 e.